The predicted molar refractivity (Wildman–Crippen MR) is 64.1 cm³/mol. The average molecular weight is 228 g/mol. The van der Waals surface area contributed by atoms with Gasteiger partial charge in [0.05, 0.1) is 6.61 Å². The molecule has 1 saturated heterocycles. The van der Waals surface area contributed by atoms with Crippen molar-refractivity contribution in [3.63, 3.8) is 0 Å². The Morgan fingerprint density at radius 3 is 2.75 bits per heavy atom. The summed E-state index contributed by atoms with van der Waals surface area (Å²) in [5, 5.41) is 0. The first-order chi connectivity index (χ1) is 7.38. The Hall–Kier alpha value is -0.610. The molecule has 2 N–H and O–H groups in total. The zero-order valence-electron chi connectivity index (χ0n) is 10.7. The molecule has 1 fully saturated rings. The number of nitrogens with two attached hydrogens (primary N) is 1. The zero-order valence-corrected chi connectivity index (χ0v) is 10.7. The van der Waals surface area contributed by atoms with Crippen LogP contribution in [0.4, 0.5) is 0 Å². The van der Waals surface area contributed by atoms with E-state index < -0.39 is 5.54 Å². The molecule has 1 aliphatic heterocycles. The van der Waals surface area contributed by atoms with Gasteiger partial charge in [-0.05, 0) is 32.6 Å². The molecule has 0 saturated carbocycles. The van der Waals surface area contributed by atoms with Crippen LogP contribution in [0.1, 0.15) is 33.1 Å². The smallest absolute Gasteiger partial charge is 0.224 e. The fourth-order valence-corrected chi connectivity index (χ4v) is 1.97. The van der Waals surface area contributed by atoms with Gasteiger partial charge in [0.1, 0.15) is 0 Å². The minimum atomic E-state index is -0.422. The van der Waals surface area contributed by atoms with Gasteiger partial charge in [0.15, 0.2) is 0 Å². The van der Waals surface area contributed by atoms with E-state index in [0.717, 1.165) is 32.6 Å². The molecule has 4 nitrogen and oxygen atoms in total. The Balaban J connectivity index is 2.33. The van der Waals surface area contributed by atoms with Gasteiger partial charge in [-0.3, -0.25) is 4.79 Å². The third-order valence-electron chi connectivity index (χ3n) is 2.82. The summed E-state index contributed by atoms with van der Waals surface area (Å²) >= 11 is 0. The molecule has 0 aromatic carbocycles. The second kappa shape index (κ2) is 5.64. The van der Waals surface area contributed by atoms with Gasteiger partial charge < -0.3 is 15.4 Å². The van der Waals surface area contributed by atoms with Crippen molar-refractivity contribution < 1.29 is 9.53 Å². The Kier molecular flexibility index (Phi) is 4.74. The lowest BCUT2D eigenvalue weighted by Gasteiger charge is -2.29. The van der Waals surface area contributed by atoms with Crippen LogP contribution in [-0.4, -0.2) is 43.2 Å². The summed E-state index contributed by atoms with van der Waals surface area (Å²) in [6, 6.07) is 0. The summed E-state index contributed by atoms with van der Waals surface area (Å²) in [5.41, 5.74) is 5.41. The van der Waals surface area contributed by atoms with Crippen LogP contribution in [0.15, 0.2) is 0 Å². The molecule has 4 heteroatoms. The van der Waals surface area contributed by atoms with Crippen molar-refractivity contribution in [2.45, 2.75) is 38.6 Å². The van der Waals surface area contributed by atoms with Gasteiger partial charge in [0, 0.05) is 32.2 Å². The molecular formula is C12H24N2O2. The number of rotatable bonds is 4. The Labute approximate surface area is 98.1 Å². The highest BCUT2D eigenvalue weighted by atomic mass is 16.5. The van der Waals surface area contributed by atoms with Crippen LogP contribution in [-0.2, 0) is 9.53 Å². The van der Waals surface area contributed by atoms with E-state index in [9.17, 15) is 4.79 Å². The minimum Gasteiger partial charge on any atom is -0.381 e. The molecule has 0 radical (unpaired) electrons. The van der Waals surface area contributed by atoms with E-state index >= 15 is 0 Å². The molecule has 1 rings (SSSR count). The largest absolute Gasteiger partial charge is 0.381 e. The van der Waals surface area contributed by atoms with Crippen LogP contribution in [0.2, 0.25) is 0 Å². The lowest BCUT2D eigenvalue weighted by Crippen LogP contribution is -2.42. The van der Waals surface area contributed by atoms with Crippen LogP contribution in [0.5, 0.6) is 0 Å². The average Bonchev–Trinajstić information content (AvgIpc) is 2.16. The zero-order chi connectivity index (χ0) is 12.2. The lowest BCUT2D eigenvalue weighted by molar-refractivity contribution is -0.132. The summed E-state index contributed by atoms with van der Waals surface area (Å²) in [6.07, 6.45) is 2.66. The first-order valence-corrected chi connectivity index (χ1v) is 5.99. The van der Waals surface area contributed by atoms with E-state index in [1.54, 1.807) is 4.90 Å². The molecule has 0 aliphatic carbocycles. The van der Waals surface area contributed by atoms with E-state index in [0.29, 0.717) is 12.3 Å². The number of hydrogen-bond donors (Lipinski definition) is 1. The number of carbonyl (C=O) groups is 1. The molecule has 0 aromatic heterocycles. The normalized spacial score (nSPS) is 21.9. The summed E-state index contributed by atoms with van der Waals surface area (Å²) in [7, 11) is 1.85. The van der Waals surface area contributed by atoms with Gasteiger partial charge >= 0.3 is 0 Å². The maximum absolute atomic E-state index is 11.8. The lowest BCUT2D eigenvalue weighted by atomic mass is 9.99. The van der Waals surface area contributed by atoms with Crippen molar-refractivity contribution in [3.8, 4) is 0 Å². The Bertz CT molecular complexity index is 230. The van der Waals surface area contributed by atoms with Crippen LogP contribution >= 0.6 is 0 Å². The summed E-state index contributed by atoms with van der Waals surface area (Å²) < 4.78 is 5.40. The predicted octanol–water partition coefficient (Wildman–Crippen LogP) is 0.999. The van der Waals surface area contributed by atoms with Gasteiger partial charge in [0.25, 0.3) is 0 Å². The van der Waals surface area contributed by atoms with Gasteiger partial charge in [-0.1, -0.05) is 0 Å². The van der Waals surface area contributed by atoms with Crippen molar-refractivity contribution in [2.75, 3.05) is 26.8 Å². The van der Waals surface area contributed by atoms with E-state index in [1.807, 2.05) is 20.9 Å². The molecule has 1 aliphatic rings. The van der Waals surface area contributed by atoms with Crippen LogP contribution in [0, 0.1) is 5.92 Å². The van der Waals surface area contributed by atoms with Crippen molar-refractivity contribution in [1.29, 1.82) is 0 Å². The van der Waals surface area contributed by atoms with Gasteiger partial charge in [-0.25, -0.2) is 0 Å². The van der Waals surface area contributed by atoms with Crippen LogP contribution in [0.25, 0.3) is 0 Å². The maximum Gasteiger partial charge on any atom is 0.224 e. The fraction of sp³-hybridized carbons (Fsp3) is 0.917. The molecule has 1 heterocycles. The van der Waals surface area contributed by atoms with Crippen molar-refractivity contribution in [3.05, 3.63) is 0 Å². The summed E-state index contributed by atoms with van der Waals surface area (Å²) in [6.45, 7) is 6.19. The number of carbonyl (C=O) groups excluding carboxylic acids is 1. The SMILES string of the molecule is CN(CC1CCCOC1)C(=O)CC(C)(C)N. The quantitative estimate of drug-likeness (QED) is 0.781. The number of amides is 1. The topological polar surface area (TPSA) is 55.6 Å². The highest BCUT2D eigenvalue weighted by molar-refractivity contribution is 5.77. The third kappa shape index (κ3) is 4.94. The standard InChI is InChI=1S/C12H24N2O2/c1-12(2,13)7-11(15)14(3)8-10-5-4-6-16-9-10/h10H,4-9,13H2,1-3H3. The number of ether oxygens (including phenoxy) is 1. The minimum absolute atomic E-state index is 0.123. The number of nitrogens with zero attached hydrogens (tertiary/aromatic N) is 1. The highest BCUT2D eigenvalue weighted by Gasteiger charge is 2.22. The Morgan fingerprint density at radius 2 is 2.25 bits per heavy atom. The molecule has 0 aromatic rings. The Morgan fingerprint density at radius 1 is 1.56 bits per heavy atom. The number of hydrogen-bond acceptors (Lipinski definition) is 3. The molecule has 16 heavy (non-hydrogen) atoms. The molecular weight excluding hydrogens is 204 g/mol. The summed E-state index contributed by atoms with van der Waals surface area (Å²) in [5.74, 6) is 0.613. The molecule has 94 valence electrons. The first-order valence-electron chi connectivity index (χ1n) is 5.99. The van der Waals surface area contributed by atoms with E-state index in [4.69, 9.17) is 10.5 Å². The summed E-state index contributed by atoms with van der Waals surface area (Å²) in [4.78, 5) is 13.6. The monoisotopic (exact) mass is 228 g/mol. The molecule has 1 amide bonds. The van der Waals surface area contributed by atoms with Crippen molar-refractivity contribution in [1.82, 2.24) is 4.90 Å². The van der Waals surface area contributed by atoms with Crippen LogP contribution in [0.3, 0.4) is 0 Å². The first kappa shape index (κ1) is 13.5. The van der Waals surface area contributed by atoms with Gasteiger partial charge in [0.2, 0.25) is 5.91 Å². The van der Waals surface area contributed by atoms with E-state index in [-0.39, 0.29) is 5.91 Å². The third-order valence-corrected chi connectivity index (χ3v) is 2.82. The van der Waals surface area contributed by atoms with E-state index in [2.05, 4.69) is 0 Å². The molecule has 1 atom stereocenters. The van der Waals surface area contributed by atoms with Gasteiger partial charge in [-0.2, -0.15) is 0 Å². The molecule has 0 bridgehead atoms. The van der Waals surface area contributed by atoms with Crippen LogP contribution < -0.4 is 5.73 Å². The second-order valence-corrected chi connectivity index (χ2v) is 5.52. The molecule has 0 spiro atoms. The second-order valence-electron chi connectivity index (χ2n) is 5.52. The van der Waals surface area contributed by atoms with Crippen molar-refractivity contribution in [2.24, 2.45) is 11.7 Å². The van der Waals surface area contributed by atoms with E-state index in [1.165, 1.54) is 0 Å². The van der Waals surface area contributed by atoms with Crippen molar-refractivity contribution >= 4 is 5.91 Å². The molecule has 1 unspecified atom stereocenters. The maximum atomic E-state index is 11.8. The fourth-order valence-electron chi connectivity index (χ4n) is 1.97. The van der Waals surface area contributed by atoms with Gasteiger partial charge in [-0.15, -0.1) is 0 Å². The highest BCUT2D eigenvalue weighted by Crippen LogP contribution is 2.15.